The molecule has 0 spiro atoms. The first kappa shape index (κ1) is 13.0. The van der Waals surface area contributed by atoms with Gasteiger partial charge in [-0.1, -0.05) is 0 Å². The van der Waals surface area contributed by atoms with Gasteiger partial charge in [-0.15, -0.1) is 11.3 Å². The van der Waals surface area contributed by atoms with Crippen molar-refractivity contribution in [3.8, 4) is 0 Å². The highest BCUT2D eigenvalue weighted by molar-refractivity contribution is 7.15. The van der Waals surface area contributed by atoms with Crippen LogP contribution in [-0.4, -0.2) is 48.5 Å². The second kappa shape index (κ2) is 5.98. The van der Waals surface area contributed by atoms with Gasteiger partial charge < -0.3 is 10.6 Å². The molecule has 6 heteroatoms. The van der Waals surface area contributed by atoms with Crippen molar-refractivity contribution in [1.29, 1.82) is 0 Å². The minimum Gasteiger partial charge on any atom is -0.315 e. The first-order valence-corrected chi connectivity index (χ1v) is 7.84. The van der Waals surface area contributed by atoms with Crippen molar-refractivity contribution in [3.63, 3.8) is 0 Å². The topological polar surface area (TPSA) is 57.3 Å². The molecule has 0 unspecified atom stereocenters. The highest BCUT2D eigenvalue weighted by Gasteiger charge is 2.18. The minimum atomic E-state index is 0.0642. The average molecular weight is 280 g/mol. The van der Waals surface area contributed by atoms with Crippen molar-refractivity contribution in [1.82, 2.24) is 15.2 Å². The van der Waals surface area contributed by atoms with E-state index in [2.05, 4.69) is 20.5 Å². The number of rotatable bonds is 3. The highest BCUT2D eigenvalue weighted by atomic mass is 32.1. The second-order valence-electron chi connectivity index (χ2n) is 5.17. The molecule has 1 amide bonds. The third-order valence-electron chi connectivity index (χ3n) is 3.64. The summed E-state index contributed by atoms with van der Waals surface area (Å²) in [4.78, 5) is 20.1. The lowest BCUT2D eigenvalue weighted by Gasteiger charge is -2.18. The normalized spacial score (nSPS) is 20.0. The lowest BCUT2D eigenvalue weighted by atomic mass is 10.4. The monoisotopic (exact) mass is 280 g/mol. The Hall–Kier alpha value is -0.980. The number of thiazole rings is 1. The zero-order chi connectivity index (χ0) is 13.1. The highest BCUT2D eigenvalue weighted by Crippen LogP contribution is 2.30. The molecule has 104 valence electrons. The molecule has 1 aliphatic heterocycles. The summed E-state index contributed by atoms with van der Waals surface area (Å²) in [6.45, 7) is 4.44. The van der Waals surface area contributed by atoms with E-state index in [1.807, 2.05) is 0 Å². The van der Waals surface area contributed by atoms with Gasteiger partial charge >= 0.3 is 0 Å². The second-order valence-corrected chi connectivity index (χ2v) is 6.25. The summed E-state index contributed by atoms with van der Waals surface area (Å²) in [6.07, 6.45) is 4.52. The van der Waals surface area contributed by atoms with Gasteiger partial charge in [0.25, 0.3) is 0 Å². The standard InChI is InChI=1S/C13H20N4OS/c18-12(9-17-7-2-5-14-6-8-17)16-13-15-10-3-1-4-11(10)19-13/h14H,1-9H2,(H,15,16,18). The van der Waals surface area contributed by atoms with E-state index in [0.29, 0.717) is 6.54 Å². The quantitative estimate of drug-likeness (QED) is 0.862. The Kier molecular flexibility index (Phi) is 4.10. The van der Waals surface area contributed by atoms with Crippen molar-refractivity contribution in [2.45, 2.75) is 25.7 Å². The van der Waals surface area contributed by atoms with Gasteiger partial charge in [0.1, 0.15) is 0 Å². The first-order valence-electron chi connectivity index (χ1n) is 7.03. The average Bonchev–Trinajstić information content (AvgIpc) is 2.83. The largest absolute Gasteiger partial charge is 0.315 e. The maximum absolute atomic E-state index is 12.0. The molecule has 19 heavy (non-hydrogen) atoms. The number of fused-ring (bicyclic) bond motifs is 1. The van der Waals surface area contributed by atoms with Crippen LogP contribution < -0.4 is 10.6 Å². The summed E-state index contributed by atoms with van der Waals surface area (Å²) in [7, 11) is 0. The fourth-order valence-corrected chi connectivity index (χ4v) is 3.73. The molecule has 3 rings (SSSR count). The summed E-state index contributed by atoms with van der Waals surface area (Å²) in [5.41, 5.74) is 1.19. The predicted octanol–water partition coefficient (Wildman–Crippen LogP) is 0.866. The van der Waals surface area contributed by atoms with Gasteiger partial charge in [-0.05, 0) is 38.8 Å². The van der Waals surface area contributed by atoms with Gasteiger partial charge in [-0.3, -0.25) is 9.69 Å². The molecule has 2 N–H and O–H groups in total. The van der Waals surface area contributed by atoms with Crippen LogP contribution in [0.3, 0.4) is 0 Å². The van der Waals surface area contributed by atoms with Crippen LogP contribution in [0.2, 0.25) is 0 Å². The van der Waals surface area contributed by atoms with Gasteiger partial charge in [0.15, 0.2) is 5.13 Å². The van der Waals surface area contributed by atoms with E-state index >= 15 is 0 Å². The van der Waals surface area contributed by atoms with Crippen molar-refractivity contribution in [3.05, 3.63) is 10.6 Å². The number of carbonyl (C=O) groups is 1. The number of aryl methyl sites for hydroxylation is 2. The molecular formula is C13H20N4OS. The Morgan fingerprint density at radius 2 is 2.26 bits per heavy atom. The predicted molar refractivity (Wildman–Crippen MR) is 76.7 cm³/mol. The Morgan fingerprint density at radius 3 is 3.16 bits per heavy atom. The molecular weight excluding hydrogens is 260 g/mol. The molecule has 2 aliphatic rings. The van der Waals surface area contributed by atoms with Crippen molar-refractivity contribution in [2.75, 3.05) is 38.0 Å². The van der Waals surface area contributed by atoms with Gasteiger partial charge in [0.05, 0.1) is 12.2 Å². The molecule has 0 bridgehead atoms. The van der Waals surface area contributed by atoms with Gasteiger partial charge in [-0.25, -0.2) is 4.98 Å². The number of hydrogen-bond acceptors (Lipinski definition) is 5. The molecule has 5 nitrogen and oxygen atoms in total. The van der Waals surface area contributed by atoms with E-state index < -0.39 is 0 Å². The maximum atomic E-state index is 12.0. The molecule has 1 aromatic rings. The molecule has 0 saturated carbocycles. The van der Waals surface area contributed by atoms with E-state index in [4.69, 9.17) is 0 Å². The summed E-state index contributed by atoms with van der Waals surface area (Å²) in [5.74, 6) is 0.0642. The lowest BCUT2D eigenvalue weighted by molar-refractivity contribution is -0.117. The number of anilines is 1. The van der Waals surface area contributed by atoms with E-state index in [1.165, 1.54) is 17.0 Å². The van der Waals surface area contributed by atoms with Crippen molar-refractivity contribution >= 4 is 22.4 Å². The molecule has 1 aliphatic carbocycles. The maximum Gasteiger partial charge on any atom is 0.240 e. The molecule has 0 radical (unpaired) electrons. The third kappa shape index (κ3) is 3.32. The smallest absolute Gasteiger partial charge is 0.240 e. The van der Waals surface area contributed by atoms with Crippen LogP contribution in [0, 0.1) is 0 Å². The SMILES string of the molecule is O=C(CN1CCCNCC1)Nc1nc2c(s1)CCC2. The van der Waals surface area contributed by atoms with Gasteiger partial charge in [0, 0.05) is 18.0 Å². The summed E-state index contributed by atoms with van der Waals surface area (Å²) in [5, 5.41) is 7.07. The molecule has 0 aromatic carbocycles. The van der Waals surface area contributed by atoms with Crippen LogP contribution in [0.4, 0.5) is 5.13 Å². The van der Waals surface area contributed by atoms with Crippen LogP contribution in [0.25, 0.3) is 0 Å². The summed E-state index contributed by atoms with van der Waals surface area (Å²) < 4.78 is 0. The molecule has 1 saturated heterocycles. The lowest BCUT2D eigenvalue weighted by Crippen LogP contribution is -2.35. The Bertz CT molecular complexity index is 430. The number of nitrogens with zero attached hydrogens (tertiary/aromatic N) is 2. The zero-order valence-electron chi connectivity index (χ0n) is 11.1. The Labute approximate surface area is 117 Å². The van der Waals surface area contributed by atoms with E-state index in [0.717, 1.165) is 50.6 Å². The molecule has 1 fully saturated rings. The van der Waals surface area contributed by atoms with Crippen LogP contribution in [-0.2, 0) is 17.6 Å². The van der Waals surface area contributed by atoms with Crippen LogP contribution >= 0.6 is 11.3 Å². The number of hydrogen-bond donors (Lipinski definition) is 2. The van der Waals surface area contributed by atoms with E-state index in [-0.39, 0.29) is 5.91 Å². The number of amides is 1. The minimum absolute atomic E-state index is 0.0642. The molecule has 1 aromatic heterocycles. The zero-order valence-corrected chi connectivity index (χ0v) is 11.9. The fourth-order valence-electron chi connectivity index (χ4n) is 2.67. The Morgan fingerprint density at radius 1 is 1.32 bits per heavy atom. The molecule has 0 atom stereocenters. The van der Waals surface area contributed by atoms with Crippen LogP contribution in [0.5, 0.6) is 0 Å². The Balaban J connectivity index is 1.52. The first-order chi connectivity index (χ1) is 9.31. The van der Waals surface area contributed by atoms with Crippen molar-refractivity contribution in [2.24, 2.45) is 0 Å². The molecule has 2 heterocycles. The van der Waals surface area contributed by atoms with Crippen LogP contribution in [0.1, 0.15) is 23.4 Å². The summed E-state index contributed by atoms with van der Waals surface area (Å²) >= 11 is 1.64. The number of nitrogens with one attached hydrogen (secondary N) is 2. The van der Waals surface area contributed by atoms with E-state index in [1.54, 1.807) is 11.3 Å². The number of aromatic nitrogens is 1. The van der Waals surface area contributed by atoms with Crippen LogP contribution in [0.15, 0.2) is 0 Å². The van der Waals surface area contributed by atoms with E-state index in [9.17, 15) is 4.79 Å². The van der Waals surface area contributed by atoms with Crippen molar-refractivity contribution < 1.29 is 4.79 Å². The van der Waals surface area contributed by atoms with Gasteiger partial charge in [-0.2, -0.15) is 0 Å². The fraction of sp³-hybridized carbons (Fsp3) is 0.692. The summed E-state index contributed by atoms with van der Waals surface area (Å²) in [6, 6.07) is 0. The van der Waals surface area contributed by atoms with Gasteiger partial charge in [0.2, 0.25) is 5.91 Å². The third-order valence-corrected chi connectivity index (χ3v) is 4.71. The number of carbonyl (C=O) groups excluding carboxylic acids is 1.